The van der Waals surface area contributed by atoms with E-state index in [0.29, 0.717) is 17.8 Å². The fourth-order valence-corrected chi connectivity index (χ4v) is 2.89. The van der Waals surface area contributed by atoms with Crippen LogP contribution in [-0.4, -0.2) is 42.3 Å². The zero-order chi connectivity index (χ0) is 21.4. The van der Waals surface area contributed by atoms with E-state index >= 15 is 0 Å². The molecule has 2 aromatic rings. The largest absolute Gasteiger partial charge is 0.345 e. The second kappa shape index (κ2) is 10.4. The van der Waals surface area contributed by atoms with Gasteiger partial charge in [-0.2, -0.15) is 0 Å². The normalized spacial score (nSPS) is 10.5. The molecule has 6 heteroatoms. The summed E-state index contributed by atoms with van der Waals surface area (Å²) in [6.45, 7) is 8.03. The second-order valence-corrected chi connectivity index (χ2v) is 7.59. The minimum atomic E-state index is -0.369. The van der Waals surface area contributed by atoms with Gasteiger partial charge in [0.05, 0.1) is 13.1 Å². The number of carbonyl (C=O) groups excluding carboxylic acids is 3. The fraction of sp³-hybridized carbons (Fsp3) is 0.348. The lowest BCUT2D eigenvalue weighted by Gasteiger charge is -2.24. The summed E-state index contributed by atoms with van der Waals surface area (Å²) < 4.78 is 0. The van der Waals surface area contributed by atoms with Crippen LogP contribution in [0.25, 0.3) is 0 Å². The molecule has 0 bridgehead atoms. The molecule has 0 aliphatic rings. The maximum absolute atomic E-state index is 12.9. The second-order valence-electron chi connectivity index (χ2n) is 7.59. The van der Waals surface area contributed by atoms with Crippen LogP contribution in [0.4, 0.5) is 5.69 Å². The molecule has 2 rings (SSSR count). The van der Waals surface area contributed by atoms with Gasteiger partial charge in [0.15, 0.2) is 0 Å². The Labute approximate surface area is 172 Å². The van der Waals surface area contributed by atoms with Gasteiger partial charge >= 0.3 is 0 Å². The van der Waals surface area contributed by atoms with Crippen LogP contribution in [-0.2, 0) is 9.59 Å². The van der Waals surface area contributed by atoms with Gasteiger partial charge in [0.2, 0.25) is 11.8 Å². The first-order chi connectivity index (χ1) is 13.8. The molecule has 2 aromatic carbocycles. The molecule has 0 aromatic heterocycles. The maximum atomic E-state index is 12.9. The van der Waals surface area contributed by atoms with E-state index in [4.69, 9.17) is 0 Å². The summed E-state index contributed by atoms with van der Waals surface area (Å²) in [5.41, 5.74) is 3.22. The molecule has 3 amide bonds. The Hall–Kier alpha value is -3.15. The van der Waals surface area contributed by atoms with Crippen molar-refractivity contribution in [2.24, 2.45) is 5.92 Å². The molecule has 0 saturated carbocycles. The highest BCUT2D eigenvalue weighted by molar-refractivity contribution is 5.98. The summed E-state index contributed by atoms with van der Waals surface area (Å²) in [5, 5.41) is 5.33. The van der Waals surface area contributed by atoms with Crippen LogP contribution in [0.5, 0.6) is 0 Å². The van der Waals surface area contributed by atoms with E-state index in [1.165, 1.54) is 4.90 Å². The van der Waals surface area contributed by atoms with Gasteiger partial charge in [-0.25, -0.2) is 0 Å². The van der Waals surface area contributed by atoms with Gasteiger partial charge in [0, 0.05) is 17.8 Å². The lowest BCUT2D eigenvalue weighted by Crippen LogP contribution is -2.44. The van der Waals surface area contributed by atoms with Crippen molar-refractivity contribution in [2.45, 2.75) is 27.7 Å². The minimum absolute atomic E-state index is 0.0941. The highest BCUT2D eigenvalue weighted by Gasteiger charge is 2.21. The molecule has 0 spiro atoms. The van der Waals surface area contributed by atoms with Gasteiger partial charge in [0.25, 0.3) is 5.91 Å². The van der Waals surface area contributed by atoms with Crippen molar-refractivity contribution in [2.75, 3.05) is 25.0 Å². The number of benzene rings is 2. The van der Waals surface area contributed by atoms with Gasteiger partial charge in [-0.05, 0) is 43.5 Å². The quantitative estimate of drug-likeness (QED) is 0.721. The molecule has 29 heavy (non-hydrogen) atoms. The molecule has 0 saturated heterocycles. The van der Waals surface area contributed by atoms with Gasteiger partial charge < -0.3 is 15.5 Å². The van der Waals surface area contributed by atoms with Crippen molar-refractivity contribution in [3.63, 3.8) is 0 Å². The monoisotopic (exact) mass is 395 g/mol. The van der Waals surface area contributed by atoms with E-state index in [0.717, 1.165) is 11.1 Å². The smallest absolute Gasteiger partial charge is 0.254 e. The Balaban J connectivity index is 1.93. The molecule has 2 N–H and O–H groups in total. The summed E-state index contributed by atoms with van der Waals surface area (Å²) >= 11 is 0. The number of carbonyl (C=O) groups is 3. The van der Waals surface area contributed by atoms with Crippen LogP contribution in [0, 0.1) is 19.8 Å². The molecular weight excluding hydrogens is 366 g/mol. The van der Waals surface area contributed by atoms with Gasteiger partial charge in [-0.15, -0.1) is 0 Å². The van der Waals surface area contributed by atoms with E-state index in [9.17, 15) is 14.4 Å². The first-order valence-corrected chi connectivity index (χ1v) is 9.74. The van der Waals surface area contributed by atoms with Crippen LogP contribution in [0.2, 0.25) is 0 Å². The minimum Gasteiger partial charge on any atom is -0.345 e. The average Bonchev–Trinajstić information content (AvgIpc) is 2.67. The van der Waals surface area contributed by atoms with Crippen molar-refractivity contribution < 1.29 is 14.4 Å². The van der Waals surface area contributed by atoms with Crippen molar-refractivity contribution in [3.05, 3.63) is 65.2 Å². The predicted octanol–water partition coefficient (Wildman–Crippen LogP) is 3.16. The molecule has 0 aliphatic heterocycles. The summed E-state index contributed by atoms with van der Waals surface area (Å²) in [4.78, 5) is 38.9. The predicted molar refractivity (Wildman–Crippen MR) is 115 cm³/mol. The lowest BCUT2D eigenvalue weighted by molar-refractivity contribution is -0.124. The molecule has 0 aliphatic carbocycles. The third kappa shape index (κ3) is 7.07. The number of amides is 3. The number of hydrogen-bond acceptors (Lipinski definition) is 3. The van der Waals surface area contributed by atoms with E-state index in [2.05, 4.69) is 10.6 Å². The van der Waals surface area contributed by atoms with Crippen LogP contribution in [0.3, 0.4) is 0 Å². The number of nitrogens with one attached hydrogen (secondary N) is 2. The standard InChI is InChI=1S/C23H29N3O3/c1-16(2)14-26(23(29)20-8-6-5-7-18(20)4)15-22(28)24-13-21(27)25-19-11-9-17(3)10-12-19/h5-12,16H,13-15H2,1-4H3,(H,24,28)(H,25,27). The highest BCUT2D eigenvalue weighted by Crippen LogP contribution is 2.12. The number of nitrogens with zero attached hydrogens (tertiary/aromatic N) is 1. The van der Waals surface area contributed by atoms with Gasteiger partial charge in [-0.3, -0.25) is 14.4 Å². The Morgan fingerprint density at radius 3 is 2.21 bits per heavy atom. The first-order valence-electron chi connectivity index (χ1n) is 9.74. The maximum Gasteiger partial charge on any atom is 0.254 e. The Morgan fingerprint density at radius 1 is 0.931 bits per heavy atom. The van der Waals surface area contributed by atoms with E-state index in [1.807, 2.05) is 58.0 Å². The topological polar surface area (TPSA) is 78.5 Å². The van der Waals surface area contributed by atoms with Crippen molar-refractivity contribution in [1.82, 2.24) is 10.2 Å². The fourth-order valence-electron chi connectivity index (χ4n) is 2.89. The first kappa shape index (κ1) is 22.1. The van der Waals surface area contributed by atoms with Crippen molar-refractivity contribution >= 4 is 23.4 Å². The summed E-state index contributed by atoms with van der Waals surface area (Å²) in [6, 6.07) is 14.7. The van der Waals surface area contributed by atoms with E-state index in [-0.39, 0.29) is 36.7 Å². The third-order valence-electron chi connectivity index (χ3n) is 4.36. The van der Waals surface area contributed by atoms with Crippen LogP contribution in [0.15, 0.2) is 48.5 Å². The van der Waals surface area contributed by atoms with Crippen molar-refractivity contribution in [1.29, 1.82) is 0 Å². The Kier molecular flexibility index (Phi) is 7.95. The summed E-state index contributed by atoms with van der Waals surface area (Å²) in [5.74, 6) is -0.661. The molecule has 0 atom stereocenters. The molecule has 0 fully saturated rings. The van der Waals surface area contributed by atoms with Gasteiger partial charge in [-0.1, -0.05) is 49.7 Å². The molecule has 0 heterocycles. The molecule has 0 radical (unpaired) electrons. The Bertz CT molecular complexity index is 860. The van der Waals surface area contributed by atoms with Crippen molar-refractivity contribution in [3.8, 4) is 0 Å². The third-order valence-corrected chi connectivity index (χ3v) is 4.36. The lowest BCUT2D eigenvalue weighted by atomic mass is 10.1. The molecule has 154 valence electrons. The van der Waals surface area contributed by atoms with E-state index < -0.39 is 0 Å². The Morgan fingerprint density at radius 2 is 1.59 bits per heavy atom. The number of aryl methyl sites for hydroxylation is 2. The zero-order valence-electron chi connectivity index (χ0n) is 17.5. The summed E-state index contributed by atoms with van der Waals surface area (Å²) in [6.07, 6.45) is 0. The average molecular weight is 396 g/mol. The SMILES string of the molecule is Cc1ccc(NC(=O)CNC(=O)CN(CC(C)C)C(=O)c2ccccc2C)cc1. The zero-order valence-corrected chi connectivity index (χ0v) is 17.5. The van der Waals surface area contributed by atoms with E-state index in [1.54, 1.807) is 18.2 Å². The molecular formula is C23H29N3O3. The van der Waals surface area contributed by atoms with Crippen LogP contribution < -0.4 is 10.6 Å². The number of anilines is 1. The van der Waals surface area contributed by atoms with Crippen LogP contribution >= 0.6 is 0 Å². The van der Waals surface area contributed by atoms with Gasteiger partial charge in [0.1, 0.15) is 0 Å². The van der Waals surface area contributed by atoms with Crippen LogP contribution in [0.1, 0.15) is 35.3 Å². The summed E-state index contributed by atoms with van der Waals surface area (Å²) in [7, 11) is 0. The molecule has 0 unspecified atom stereocenters. The highest BCUT2D eigenvalue weighted by atomic mass is 16.2. The number of hydrogen-bond donors (Lipinski definition) is 2. The molecule has 6 nitrogen and oxygen atoms in total. The number of rotatable bonds is 8.